The van der Waals surface area contributed by atoms with Crippen molar-refractivity contribution in [1.82, 2.24) is 0 Å². The van der Waals surface area contributed by atoms with Crippen LogP contribution in [-0.2, 0) is 0 Å². The van der Waals surface area contributed by atoms with Crippen molar-refractivity contribution in [1.29, 1.82) is 0 Å². The third kappa shape index (κ3) is 3.76. The van der Waals surface area contributed by atoms with E-state index in [2.05, 4.69) is 113 Å². The average Bonchev–Trinajstić information content (AvgIpc) is 3.15. The summed E-state index contributed by atoms with van der Waals surface area (Å²) in [6.45, 7) is 0. The fourth-order valence-corrected chi connectivity index (χ4v) is 3.66. The molecule has 0 fully saturated rings. The van der Waals surface area contributed by atoms with E-state index in [1.165, 1.54) is 16.8 Å². The molecule has 136 valence electrons. The molecule has 1 atom stereocenters. The molecule has 1 aliphatic heterocycles. The molecule has 27 heavy (non-hydrogen) atoms. The van der Waals surface area contributed by atoms with Crippen LogP contribution in [0.3, 0.4) is 0 Å². The van der Waals surface area contributed by atoms with Crippen LogP contribution >= 0.6 is 15.9 Å². The van der Waals surface area contributed by atoms with Crippen LogP contribution in [0.15, 0.2) is 88.4 Å². The van der Waals surface area contributed by atoms with Crippen LogP contribution in [-0.4, -0.2) is 19.8 Å². The molecule has 0 N–H and O–H groups in total. The normalized spacial score (nSPS) is 16.3. The van der Waals surface area contributed by atoms with Gasteiger partial charge in [-0.05, 0) is 47.5 Å². The van der Waals surface area contributed by atoms with Gasteiger partial charge in [-0.2, -0.15) is 5.10 Å². The first-order chi connectivity index (χ1) is 13.1. The minimum atomic E-state index is 0.197. The van der Waals surface area contributed by atoms with E-state index in [4.69, 9.17) is 5.10 Å². The van der Waals surface area contributed by atoms with Gasteiger partial charge in [0.05, 0.1) is 17.4 Å². The predicted octanol–water partition coefficient (Wildman–Crippen LogP) is 5.87. The summed E-state index contributed by atoms with van der Waals surface area (Å²) in [4.78, 5) is 2.12. The summed E-state index contributed by atoms with van der Waals surface area (Å²) in [7, 11) is 4.13. The zero-order chi connectivity index (χ0) is 18.8. The van der Waals surface area contributed by atoms with E-state index in [9.17, 15) is 0 Å². The first-order valence-corrected chi connectivity index (χ1v) is 9.86. The molecule has 0 aromatic heterocycles. The summed E-state index contributed by atoms with van der Waals surface area (Å²) >= 11 is 3.52. The van der Waals surface area contributed by atoms with Crippen molar-refractivity contribution in [3.63, 3.8) is 0 Å². The summed E-state index contributed by atoms with van der Waals surface area (Å²) in [6, 6.07) is 27.8. The molecule has 3 aromatic rings. The first kappa shape index (κ1) is 17.8. The van der Waals surface area contributed by atoms with Crippen LogP contribution in [0.4, 0.5) is 11.4 Å². The van der Waals surface area contributed by atoms with Crippen molar-refractivity contribution in [2.24, 2.45) is 5.10 Å². The Morgan fingerprint density at radius 3 is 2.19 bits per heavy atom. The topological polar surface area (TPSA) is 18.8 Å². The van der Waals surface area contributed by atoms with Gasteiger partial charge in [-0.1, -0.05) is 58.4 Å². The molecular weight excluding hydrogens is 398 g/mol. The van der Waals surface area contributed by atoms with E-state index in [0.29, 0.717) is 0 Å². The highest BCUT2D eigenvalue weighted by atomic mass is 79.9. The summed E-state index contributed by atoms with van der Waals surface area (Å²) in [5.74, 6) is 0. The number of benzene rings is 3. The maximum atomic E-state index is 5.00. The largest absolute Gasteiger partial charge is 0.378 e. The molecule has 0 aliphatic carbocycles. The fourth-order valence-electron chi connectivity index (χ4n) is 3.40. The van der Waals surface area contributed by atoms with Crippen molar-refractivity contribution < 1.29 is 0 Å². The maximum Gasteiger partial charge on any atom is 0.0831 e. The number of para-hydroxylation sites is 1. The van der Waals surface area contributed by atoms with Crippen molar-refractivity contribution in [3.05, 3.63) is 94.5 Å². The van der Waals surface area contributed by atoms with Gasteiger partial charge in [0.15, 0.2) is 0 Å². The fraction of sp³-hybridized carbons (Fsp3) is 0.174. The molecule has 1 heterocycles. The maximum absolute atomic E-state index is 5.00. The lowest BCUT2D eigenvalue weighted by Gasteiger charge is -2.24. The quantitative estimate of drug-likeness (QED) is 0.526. The van der Waals surface area contributed by atoms with Crippen LogP contribution in [0.5, 0.6) is 0 Å². The second kappa shape index (κ2) is 7.57. The van der Waals surface area contributed by atoms with Crippen molar-refractivity contribution in [2.75, 3.05) is 24.0 Å². The van der Waals surface area contributed by atoms with Gasteiger partial charge < -0.3 is 4.90 Å². The van der Waals surface area contributed by atoms with E-state index in [1.54, 1.807) is 0 Å². The zero-order valence-electron chi connectivity index (χ0n) is 15.5. The van der Waals surface area contributed by atoms with Gasteiger partial charge in [-0.3, -0.25) is 5.01 Å². The monoisotopic (exact) mass is 419 g/mol. The molecule has 0 bridgehead atoms. The van der Waals surface area contributed by atoms with E-state index < -0.39 is 0 Å². The highest BCUT2D eigenvalue weighted by Crippen LogP contribution is 2.37. The van der Waals surface area contributed by atoms with Gasteiger partial charge in [0, 0.05) is 30.7 Å². The lowest BCUT2D eigenvalue weighted by atomic mass is 9.98. The van der Waals surface area contributed by atoms with Gasteiger partial charge in [0.1, 0.15) is 0 Å². The molecule has 0 amide bonds. The lowest BCUT2D eigenvalue weighted by Crippen LogP contribution is -2.18. The number of nitrogens with zero attached hydrogens (tertiary/aromatic N) is 3. The molecular formula is C23H22BrN3. The first-order valence-electron chi connectivity index (χ1n) is 9.07. The molecule has 0 unspecified atom stereocenters. The van der Waals surface area contributed by atoms with Crippen LogP contribution in [0.1, 0.15) is 23.6 Å². The number of anilines is 2. The number of hydrazone groups is 1. The van der Waals surface area contributed by atoms with Crippen molar-refractivity contribution in [2.45, 2.75) is 12.5 Å². The van der Waals surface area contributed by atoms with E-state index in [-0.39, 0.29) is 6.04 Å². The second-order valence-electron chi connectivity index (χ2n) is 6.94. The summed E-state index contributed by atoms with van der Waals surface area (Å²) in [6.07, 6.45) is 0.887. The standard InChI is InChI=1S/C23H22BrN3/c1-26(2)20-14-10-18(11-15-20)23-16-22(17-8-12-19(24)13-9-17)25-27(23)21-6-4-3-5-7-21/h3-15,23H,16H2,1-2H3/t23-/m0/s1. The number of hydrogen-bond acceptors (Lipinski definition) is 3. The van der Waals surface area contributed by atoms with Crippen LogP contribution in [0, 0.1) is 0 Å². The molecule has 0 saturated heterocycles. The van der Waals surface area contributed by atoms with E-state index >= 15 is 0 Å². The van der Waals surface area contributed by atoms with Crippen LogP contribution in [0.2, 0.25) is 0 Å². The van der Waals surface area contributed by atoms with Gasteiger partial charge in [-0.25, -0.2) is 0 Å². The second-order valence-corrected chi connectivity index (χ2v) is 7.86. The lowest BCUT2D eigenvalue weighted by molar-refractivity contribution is 0.709. The van der Waals surface area contributed by atoms with E-state index in [0.717, 1.165) is 22.3 Å². The molecule has 3 nitrogen and oxygen atoms in total. The third-order valence-electron chi connectivity index (χ3n) is 4.90. The molecule has 0 spiro atoms. The Labute approximate surface area is 169 Å². The Morgan fingerprint density at radius 2 is 1.56 bits per heavy atom. The predicted molar refractivity (Wildman–Crippen MR) is 118 cm³/mol. The minimum Gasteiger partial charge on any atom is -0.378 e. The Morgan fingerprint density at radius 1 is 0.889 bits per heavy atom. The smallest absolute Gasteiger partial charge is 0.0831 e. The van der Waals surface area contributed by atoms with Gasteiger partial charge >= 0.3 is 0 Å². The number of halogens is 1. The van der Waals surface area contributed by atoms with E-state index in [1.807, 2.05) is 6.07 Å². The molecule has 0 radical (unpaired) electrons. The zero-order valence-corrected chi connectivity index (χ0v) is 17.1. The van der Waals surface area contributed by atoms with Gasteiger partial charge in [0.25, 0.3) is 0 Å². The molecule has 4 rings (SSSR count). The Bertz CT molecular complexity index is 932. The summed E-state index contributed by atoms with van der Waals surface area (Å²) in [5.41, 5.74) is 5.89. The summed E-state index contributed by atoms with van der Waals surface area (Å²) in [5, 5.41) is 7.15. The van der Waals surface area contributed by atoms with Gasteiger partial charge in [0.2, 0.25) is 0 Å². The van der Waals surface area contributed by atoms with Gasteiger partial charge in [-0.15, -0.1) is 0 Å². The minimum absolute atomic E-state index is 0.197. The Hall–Kier alpha value is -2.59. The Balaban J connectivity index is 1.70. The molecule has 1 aliphatic rings. The third-order valence-corrected chi connectivity index (χ3v) is 5.43. The SMILES string of the molecule is CN(C)c1ccc([C@@H]2CC(c3ccc(Br)cc3)=NN2c2ccccc2)cc1. The summed E-state index contributed by atoms with van der Waals surface area (Å²) < 4.78 is 1.08. The van der Waals surface area contributed by atoms with Crippen LogP contribution in [0.25, 0.3) is 0 Å². The number of hydrogen-bond donors (Lipinski definition) is 0. The Kier molecular flexibility index (Phi) is 4.99. The molecule has 3 aromatic carbocycles. The highest BCUT2D eigenvalue weighted by molar-refractivity contribution is 9.10. The highest BCUT2D eigenvalue weighted by Gasteiger charge is 2.29. The molecule has 0 saturated carbocycles. The van der Waals surface area contributed by atoms with Crippen molar-refractivity contribution >= 4 is 33.0 Å². The number of rotatable bonds is 4. The average molecular weight is 420 g/mol. The molecule has 4 heteroatoms. The van der Waals surface area contributed by atoms with Crippen molar-refractivity contribution in [3.8, 4) is 0 Å². The van der Waals surface area contributed by atoms with Crippen LogP contribution < -0.4 is 9.91 Å².